The Hall–Kier alpha value is -6.71. The van der Waals surface area contributed by atoms with Crippen LogP contribution in [-0.4, -0.2) is 115 Å². The van der Waals surface area contributed by atoms with Gasteiger partial charge in [0.25, 0.3) is 11.5 Å². The van der Waals surface area contributed by atoms with Crippen LogP contribution < -0.4 is 21.5 Å². The number of anilines is 2. The maximum Gasteiger partial charge on any atom is 0.474 e. The highest BCUT2D eigenvalue weighted by Gasteiger charge is 2.58. The van der Waals surface area contributed by atoms with Crippen LogP contribution in [0.3, 0.4) is 0 Å². The topological polar surface area (TPSA) is 308 Å². The molecule has 0 saturated carbocycles. The third-order valence-corrected chi connectivity index (χ3v) is 12.2. The number of carboxylic acids is 2. The molecule has 5 atom stereocenters. The highest BCUT2D eigenvalue weighted by Crippen LogP contribution is 2.49. The second-order valence-corrected chi connectivity index (χ2v) is 16.7. The molecule has 2 unspecified atom stereocenters. The van der Waals surface area contributed by atoms with Crippen LogP contribution in [0.5, 0.6) is 0 Å². The van der Waals surface area contributed by atoms with Crippen molar-refractivity contribution in [1.29, 1.82) is 0 Å². The summed E-state index contributed by atoms with van der Waals surface area (Å²) in [4.78, 5) is 107. The van der Waals surface area contributed by atoms with E-state index >= 15 is 0 Å². The Morgan fingerprint density at radius 3 is 2.30 bits per heavy atom. The number of unbranched alkanes of at least 4 members (excludes halogenated alkanes) is 1. The summed E-state index contributed by atoms with van der Waals surface area (Å²) in [6.45, 7) is 3.78. The molecule has 1 saturated heterocycles. The van der Waals surface area contributed by atoms with Gasteiger partial charge in [0.15, 0.2) is 16.9 Å². The Morgan fingerprint density at radius 1 is 0.909 bits per heavy atom. The summed E-state index contributed by atoms with van der Waals surface area (Å²) < 4.78 is 33.9. The molecule has 1 fully saturated rings. The van der Waals surface area contributed by atoms with Gasteiger partial charge in [-0.2, -0.15) is 4.98 Å². The number of phosphoric acid groups is 1. The van der Waals surface area contributed by atoms with Gasteiger partial charge in [-0.1, -0.05) is 36.4 Å². The van der Waals surface area contributed by atoms with Crippen molar-refractivity contribution in [3.05, 3.63) is 100 Å². The molecule has 66 heavy (non-hydrogen) atoms. The number of ether oxygens (including phenoxy) is 1. The molecule has 22 nitrogen and oxygen atoms in total. The first-order valence-corrected chi connectivity index (χ1v) is 22.5. The van der Waals surface area contributed by atoms with E-state index in [1.165, 1.54) is 24.4 Å². The summed E-state index contributed by atoms with van der Waals surface area (Å²) in [5.74, 6) is -7.79. The van der Waals surface area contributed by atoms with Gasteiger partial charge in [-0.05, 0) is 69.0 Å². The van der Waals surface area contributed by atoms with Crippen LogP contribution in [0.1, 0.15) is 61.1 Å². The van der Waals surface area contributed by atoms with Gasteiger partial charge < -0.3 is 25.6 Å². The number of aromatic nitrogens is 4. The molecule has 4 aromatic rings. The average Bonchev–Trinajstić information content (AvgIpc) is 3.52. The summed E-state index contributed by atoms with van der Waals surface area (Å²) >= 11 is 0. The highest BCUT2D eigenvalue weighted by molar-refractivity contribution is 7.48. The minimum absolute atomic E-state index is 0.000528. The molecule has 2 aliphatic heterocycles. The van der Waals surface area contributed by atoms with E-state index in [0.717, 1.165) is 5.56 Å². The van der Waals surface area contributed by atoms with Gasteiger partial charge >= 0.3 is 25.7 Å². The highest BCUT2D eigenvalue weighted by atomic mass is 31.2. The fourth-order valence-corrected chi connectivity index (χ4v) is 8.74. The molecule has 2 aromatic carbocycles. The third kappa shape index (κ3) is 12.3. The first kappa shape index (κ1) is 48.7. The summed E-state index contributed by atoms with van der Waals surface area (Å²) in [6, 6.07) is 12.1. The molecule has 0 spiro atoms. The zero-order valence-electron chi connectivity index (χ0n) is 35.9. The molecular formula is C43H49N8O14P. The predicted octanol–water partition coefficient (Wildman–Crippen LogP) is 3.46. The van der Waals surface area contributed by atoms with Crippen LogP contribution in [-0.2, 0) is 59.9 Å². The van der Waals surface area contributed by atoms with Gasteiger partial charge in [0.05, 0.1) is 62.7 Å². The number of H-pyrrole nitrogens is 1. The van der Waals surface area contributed by atoms with E-state index in [9.17, 15) is 43.2 Å². The van der Waals surface area contributed by atoms with Crippen molar-refractivity contribution >= 4 is 66.1 Å². The zero-order valence-corrected chi connectivity index (χ0v) is 36.8. The van der Waals surface area contributed by atoms with Gasteiger partial charge in [-0.25, -0.2) is 19.3 Å². The van der Waals surface area contributed by atoms with E-state index < -0.39 is 79.5 Å². The average molecular weight is 933 g/mol. The Balaban J connectivity index is 1.12. The minimum atomic E-state index is -3.72. The number of rotatable bonds is 24. The maximum absolute atomic E-state index is 14.3. The second kappa shape index (κ2) is 22.5. The van der Waals surface area contributed by atoms with Crippen LogP contribution in [0.4, 0.5) is 11.6 Å². The molecule has 0 radical (unpaired) electrons. The molecule has 2 bridgehead atoms. The number of aromatic amines is 1. The van der Waals surface area contributed by atoms with Crippen molar-refractivity contribution < 1.29 is 61.9 Å². The summed E-state index contributed by atoms with van der Waals surface area (Å²) in [5, 5.41) is 26.2. The largest absolute Gasteiger partial charge is 0.481 e. The lowest BCUT2D eigenvalue weighted by atomic mass is 9.86. The van der Waals surface area contributed by atoms with E-state index in [2.05, 4.69) is 35.9 Å². The Labute approximate surface area is 377 Å². The molecule has 4 heterocycles. The monoisotopic (exact) mass is 932 g/mol. The lowest BCUT2D eigenvalue weighted by molar-refractivity contribution is -0.153. The van der Waals surface area contributed by atoms with E-state index in [1.54, 1.807) is 37.0 Å². The normalized spacial score (nSPS) is 18.4. The number of amides is 2. The molecule has 2 aromatic heterocycles. The molecule has 6 N–H and O–H groups in total. The number of nitrogens with zero attached hydrogens (tertiary/aromatic N) is 4. The van der Waals surface area contributed by atoms with Crippen molar-refractivity contribution in [2.45, 2.75) is 70.7 Å². The first-order chi connectivity index (χ1) is 31.7. The molecular weight excluding hydrogens is 883 g/mol. The molecule has 0 aliphatic carbocycles. The summed E-state index contributed by atoms with van der Waals surface area (Å²) in [5.41, 5.74) is 0.883. The lowest BCUT2D eigenvalue weighted by Gasteiger charge is -2.31. The van der Waals surface area contributed by atoms with Crippen molar-refractivity contribution in [2.75, 3.05) is 37.1 Å². The van der Waals surface area contributed by atoms with Gasteiger partial charge in [0.1, 0.15) is 6.04 Å². The number of hydrogen-bond acceptors (Lipinski definition) is 17. The SMILES string of the molecule is CCOP(=O)(OCC)OCCCCOC(=O)C1C(C(=O)Nc2nc3ncc(CNc4ccc(C(=O)N[C@H](CCC(=O)O)C(=O)O)cc4)nc3c(=O)[nH]2)[C@H]2C=CC(=O)[C@@H]1N2Cc1ccccc1. The smallest absolute Gasteiger partial charge is 0.474 e. The van der Waals surface area contributed by atoms with Crippen LogP contribution >= 0.6 is 7.82 Å². The molecule has 2 aliphatic rings. The van der Waals surface area contributed by atoms with Gasteiger partial charge in [-0.3, -0.25) is 57.5 Å². The number of fused-ring (bicyclic) bond motifs is 3. The zero-order chi connectivity index (χ0) is 47.4. The van der Waals surface area contributed by atoms with Crippen molar-refractivity contribution in [3.63, 3.8) is 0 Å². The van der Waals surface area contributed by atoms with E-state index in [1.807, 2.05) is 30.3 Å². The van der Waals surface area contributed by atoms with Gasteiger partial charge in [0.2, 0.25) is 11.9 Å². The van der Waals surface area contributed by atoms with Crippen LogP contribution in [0.25, 0.3) is 11.2 Å². The number of carbonyl (C=O) groups is 6. The van der Waals surface area contributed by atoms with Crippen LogP contribution in [0.15, 0.2) is 77.7 Å². The number of ketones is 1. The van der Waals surface area contributed by atoms with Gasteiger partial charge in [-0.15, -0.1) is 0 Å². The Kier molecular flexibility index (Phi) is 16.6. The molecule has 23 heteroatoms. The van der Waals surface area contributed by atoms with Gasteiger partial charge in [0, 0.05) is 30.3 Å². The quantitative estimate of drug-likeness (QED) is 0.0333. The second-order valence-electron chi connectivity index (χ2n) is 15.1. The summed E-state index contributed by atoms with van der Waals surface area (Å²) in [7, 11) is -3.72. The van der Waals surface area contributed by atoms with Crippen LogP contribution in [0, 0.1) is 11.8 Å². The number of hydrogen-bond donors (Lipinski definition) is 6. The number of esters is 1. The van der Waals surface area contributed by atoms with Crippen molar-refractivity contribution in [3.8, 4) is 0 Å². The van der Waals surface area contributed by atoms with Crippen LogP contribution in [0.2, 0.25) is 0 Å². The van der Waals surface area contributed by atoms with Crippen molar-refractivity contribution in [1.82, 2.24) is 30.2 Å². The fourth-order valence-electron chi connectivity index (χ4n) is 7.54. The standard InChI is InChI=1S/C43H49N8O14P/c1-3-63-66(61,64-4-2)65-21-9-8-20-62-42(60)34-33(30-17-18-31(52)36(34)51(30)24-25-10-6-5-7-11-25)39(56)49-43-48-37-35(40(57)50-43)46-28(23-45-37)22-44-27-14-12-26(13-15-27)38(55)47-29(41(58)59)16-19-32(53)54/h5-7,10-15,17-18,23,29-30,33-34,36,44H,3-4,8-9,16,19-22,24H2,1-2H3,(H,47,55)(H,53,54)(H,58,59)(H2,45,48,49,50,56,57)/t29-,30-,33?,34?,36+/m1/s1. The molecule has 350 valence electrons. The van der Waals surface area contributed by atoms with E-state index in [4.69, 9.17) is 23.4 Å². The number of aliphatic carboxylic acids is 2. The fraction of sp³-hybridized carbons (Fsp3) is 0.395. The number of benzene rings is 2. The number of carboxylic acid groups (broad SMARTS) is 2. The Bertz CT molecular complexity index is 2550. The van der Waals surface area contributed by atoms with Crippen molar-refractivity contribution in [2.24, 2.45) is 11.8 Å². The molecule has 2 amide bonds. The number of phosphoric ester groups is 1. The molecule has 6 rings (SSSR count). The predicted molar refractivity (Wildman–Crippen MR) is 234 cm³/mol. The lowest BCUT2D eigenvalue weighted by Crippen LogP contribution is -2.45. The number of nitrogens with one attached hydrogen (secondary N) is 4. The third-order valence-electron chi connectivity index (χ3n) is 10.6. The van der Waals surface area contributed by atoms with E-state index in [0.29, 0.717) is 24.2 Å². The Morgan fingerprint density at radius 2 is 1.62 bits per heavy atom. The maximum atomic E-state index is 14.3. The summed E-state index contributed by atoms with van der Waals surface area (Å²) in [6.07, 6.45) is 4.21. The number of carbonyl (C=O) groups excluding carboxylic acids is 4. The first-order valence-electron chi connectivity index (χ1n) is 21.1. The minimum Gasteiger partial charge on any atom is -0.481 e. The van der Waals surface area contributed by atoms with E-state index in [-0.39, 0.29) is 74.4 Å².